The first-order chi connectivity index (χ1) is 10.2. The second-order valence-corrected chi connectivity index (χ2v) is 5.62. The number of benzene rings is 2. The van der Waals surface area contributed by atoms with E-state index in [1.165, 1.54) is 0 Å². The number of carbonyl (C=O) groups excluding carboxylic acids is 2. The van der Waals surface area contributed by atoms with Crippen molar-refractivity contribution in [3.63, 3.8) is 0 Å². The molecule has 4 nitrogen and oxygen atoms in total. The zero-order chi connectivity index (χ0) is 14.8. The number of fused-ring (bicyclic) bond motifs is 1. The molecule has 1 amide bonds. The van der Waals surface area contributed by atoms with Crippen molar-refractivity contribution in [2.75, 3.05) is 5.32 Å². The molecule has 0 unspecified atom stereocenters. The van der Waals surface area contributed by atoms with Crippen molar-refractivity contribution in [2.24, 2.45) is 0 Å². The molecule has 1 N–H and O–H groups in total. The maximum Gasteiger partial charge on any atom is 0.224 e. The summed E-state index contributed by atoms with van der Waals surface area (Å²) in [6.07, 6.45) is 2.00. The van der Waals surface area contributed by atoms with Crippen LogP contribution in [0.4, 0.5) is 5.69 Å². The molecule has 3 rings (SSSR count). The molecule has 0 radical (unpaired) electrons. The summed E-state index contributed by atoms with van der Waals surface area (Å²) in [7, 11) is 0. The van der Waals surface area contributed by atoms with E-state index in [1.807, 2.05) is 18.2 Å². The smallest absolute Gasteiger partial charge is 0.224 e. The SMILES string of the molecule is O=Cc1ccc(Oc2ccc3c(c2)CCC(=O)N3)cc1Br. The van der Waals surface area contributed by atoms with Crippen molar-refractivity contribution in [1.82, 2.24) is 0 Å². The number of aldehydes is 1. The van der Waals surface area contributed by atoms with Crippen molar-refractivity contribution in [2.45, 2.75) is 12.8 Å². The van der Waals surface area contributed by atoms with Gasteiger partial charge in [-0.2, -0.15) is 0 Å². The predicted octanol–water partition coefficient (Wildman–Crippen LogP) is 3.94. The lowest BCUT2D eigenvalue weighted by Gasteiger charge is -2.17. The molecule has 0 aliphatic carbocycles. The zero-order valence-corrected chi connectivity index (χ0v) is 12.6. The van der Waals surface area contributed by atoms with Gasteiger partial charge in [-0.05, 0) is 64.3 Å². The van der Waals surface area contributed by atoms with Gasteiger partial charge < -0.3 is 10.1 Å². The molecule has 0 fully saturated rings. The summed E-state index contributed by atoms with van der Waals surface area (Å²) in [5.41, 5.74) is 2.49. The Kier molecular flexibility index (Phi) is 3.75. The number of hydrogen-bond donors (Lipinski definition) is 1. The highest BCUT2D eigenvalue weighted by Crippen LogP contribution is 2.31. The van der Waals surface area contributed by atoms with Crippen molar-refractivity contribution >= 4 is 33.8 Å². The summed E-state index contributed by atoms with van der Waals surface area (Å²) in [4.78, 5) is 22.1. The summed E-state index contributed by atoms with van der Waals surface area (Å²) < 4.78 is 6.49. The lowest BCUT2D eigenvalue weighted by atomic mass is 10.0. The van der Waals surface area contributed by atoms with Gasteiger partial charge in [0.15, 0.2) is 6.29 Å². The molecule has 21 heavy (non-hydrogen) atoms. The Morgan fingerprint density at radius 1 is 1.10 bits per heavy atom. The lowest BCUT2D eigenvalue weighted by molar-refractivity contribution is -0.116. The van der Waals surface area contributed by atoms with E-state index in [4.69, 9.17) is 4.74 Å². The fraction of sp³-hybridized carbons (Fsp3) is 0.125. The van der Waals surface area contributed by atoms with Crippen molar-refractivity contribution in [1.29, 1.82) is 0 Å². The predicted molar refractivity (Wildman–Crippen MR) is 83.0 cm³/mol. The standard InChI is InChI=1S/C16H12BrNO3/c17-14-8-13(3-1-11(14)9-19)21-12-4-5-15-10(7-12)2-6-16(20)18-15/h1,3-5,7-9H,2,6H2,(H,18,20). The third-order valence-corrected chi connectivity index (χ3v) is 3.99. The number of carbonyl (C=O) groups is 2. The number of rotatable bonds is 3. The van der Waals surface area contributed by atoms with Crippen molar-refractivity contribution in [3.05, 3.63) is 52.0 Å². The average Bonchev–Trinajstić information content (AvgIpc) is 2.48. The molecule has 2 aromatic rings. The van der Waals surface area contributed by atoms with Crippen molar-refractivity contribution < 1.29 is 14.3 Å². The molecule has 2 aromatic carbocycles. The Hall–Kier alpha value is -2.14. The van der Waals surface area contributed by atoms with Gasteiger partial charge in [-0.15, -0.1) is 0 Å². The third kappa shape index (κ3) is 2.97. The Morgan fingerprint density at radius 2 is 1.86 bits per heavy atom. The summed E-state index contributed by atoms with van der Waals surface area (Å²) in [5, 5.41) is 2.83. The maximum atomic E-state index is 11.3. The van der Waals surface area contributed by atoms with Gasteiger partial charge in [0.1, 0.15) is 11.5 Å². The number of nitrogens with one attached hydrogen (secondary N) is 1. The number of amides is 1. The first-order valence-electron chi connectivity index (χ1n) is 6.51. The molecule has 0 atom stereocenters. The van der Waals surface area contributed by atoms with Gasteiger partial charge in [0.05, 0.1) is 0 Å². The first-order valence-corrected chi connectivity index (χ1v) is 7.30. The summed E-state index contributed by atoms with van der Waals surface area (Å²) in [6, 6.07) is 10.8. The van der Waals surface area contributed by atoms with Crippen LogP contribution >= 0.6 is 15.9 Å². The van der Waals surface area contributed by atoms with E-state index in [2.05, 4.69) is 21.2 Å². The highest BCUT2D eigenvalue weighted by molar-refractivity contribution is 9.10. The van der Waals surface area contributed by atoms with E-state index in [0.717, 1.165) is 17.5 Å². The molecular weight excluding hydrogens is 334 g/mol. The normalized spacial score (nSPS) is 13.3. The third-order valence-electron chi connectivity index (χ3n) is 3.31. The number of halogens is 1. The maximum absolute atomic E-state index is 11.3. The van der Waals surface area contributed by atoms with E-state index in [0.29, 0.717) is 34.4 Å². The van der Waals surface area contributed by atoms with Gasteiger partial charge in [-0.3, -0.25) is 9.59 Å². The molecule has 0 aromatic heterocycles. The molecule has 106 valence electrons. The fourth-order valence-electron chi connectivity index (χ4n) is 2.23. The monoisotopic (exact) mass is 345 g/mol. The molecule has 0 saturated heterocycles. The minimum atomic E-state index is 0.0459. The largest absolute Gasteiger partial charge is 0.457 e. The summed E-state index contributed by atoms with van der Waals surface area (Å²) in [6.45, 7) is 0. The topological polar surface area (TPSA) is 55.4 Å². The van der Waals surface area contributed by atoms with Gasteiger partial charge in [0.25, 0.3) is 0 Å². The minimum absolute atomic E-state index is 0.0459. The first kappa shape index (κ1) is 13.8. The molecule has 1 heterocycles. The highest BCUT2D eigenvalue weighted by atomic mass is 79.9. The van der Waals surface area contributed by atoms with E-state index < -0.39 is 0 Å². The fourth-order valence-corrected chi connectivity index (χ4v) is 2.68. The van der Waals surface area contributed by atoms with Gasteiger partial charge in [-0.25, -0.2) is 0 Å². The van der Waals surface area contributed by atoms with Crippen LogP contribution in [0.15, 0.2) is 40.9 Å². The van der Waals surface area contributed by atoms with Crippen LogP contribution in [0.3, 0.4) is 0 Å². The van der Waals surface area contributed by atoms with Crippen LogP contribution in [0.25, 0.3) is 0 Å². The number of hydrogen-bond acceptors (Lipinski definition) is 3. The molecule has 5 heteroatoms. The van der Waals surface area contributed by atoms with E-state index >= 15 is 0 Å². The Bertz CT molecular complexity index is 727. The molecule has 0 saturated carbocycles. The quantitative estimate of drug-likeness (QED) is 0.857. The van der Waals surface area contributed by atoms with Crippen LogP contribution in [-0.2, 0) is 11.2 Å². The van der Waals surface area contributed by atoms with E-state index in [9.17, 15) is 9.59 Å². The van der Waals surface area contributed by atoms with Crippen LogP contribution in [0.1, 0.15) is 22.3 Å². The Morgan fingerprint density at radius 3 is 2.62 bits per heavy atom. The minimum Gasteiger partial charge on any atom is -0.457 e. The zero-order valence-electron chi connectivity index (χ0n) is 11.1. The second kappa shape index (κ2) is 5.69. The number of aryl methyl sites for hydroxylation is 1. The second-order valence-electron chi connectivity index (χ2n) is 4.77. The van der Waals surface area contributed by atoms with Crippen molar-refractivity contribution in [3.8, 4) is 11.5 Å². The Labute approximate surface area is 130 Å². The molecule has 1 aliphatic heterocycles. The van der Waals surface area contributed by atoms with Crippen LogP contribution in [0.5, 0.6) is 11.5 Å². The van der Waals surface area contributed by atoms with Crippen LogP contribution in [0, 0.1) is 0 Å². The number of ether oxygens (including phenoxy) is 1. The van der Waals surface area contributed by atoms with Crippen LogP contribution in [0.2, 0.25) is 0 Å². The van der Waals surface area contributed by atoms with Gasteiger partial charge in [0, 0.05) is 22.1 Å². The van der Waals surface area contributed by atoms with E-state index in [-0.39, 0.29) is 5.91 Å². The molecule has 0 spiro atoms. The molecular formula is C16H12BrNO3. The van der Waals surface area contributed by atoms with Gasteiger partial charge >= 0.3 is 0 Å². The van der Waals surface area contributed by atoms with Crippen LogP contribution in [-0.4, -0.2) is 12.2 Å². The lowest BCUT2D eigenvalue weighted by Crippen LogP contribution is -2.18. The summed E-state index contributed by atoms with van der Waals surface area (Å²) >= 11 is 3.33. The highest BCUT2D eigenvalue weighted by Gasteiger charge is 2.15. The van der Waals surface area contributed by atoms with Gasteiger partial charge in [0.2, 0.25) is 5.91 Å². The Balaban J connectivity index is 1.84. The van der Waals surface area contributed by atoms with Crippen LogP contribution < -0.4 is 10.1 Å². The van der Waals surface area contributed by atoms with E-state index in [1.54, 1.807) is 18.2 Å². The molecule has 0 bridgehead atoms. The van der Waals surface area contributed by atoms with Gasteiger partial charge in [-0.1, -0.05) is 0 Å². The average molecular weight is 346 g/mol. The summed E-state index contributed by atoms with van der Waals surface area (Å²) in [5.74, 6) is 1.40. The number of anilines is 1. The molecule has 1 aliphatic rings.